The van der Waals surface area contributed by atoms with Crippen molar-refractivity contribution in [1.82, 2.24) is 4.72 Å². The van der Waals surface area contributed by atoms with Crippen molar-refractivity contribution in [3.05, 3.63) is 39.9 Å². The summed E-state index contributed by atoms with van der Waals surface area (Å²) in [6.45, 7) is 0. The van der Waals surface area contributed by atoms with Gasteiger partial charge < -0.3 is 9.47 Å². The first kappa shape index (κ1) is 15.2. The van der Waals surface area contributed by atoms with E-state index >= 15 is 0 Å². The summed E-state index contributed by atoms with van der Waals surface area (Å²) in [6.07, 6.45) is -4.22. The minimum atomic E-state index is -4.18. The van der Waals surface area contributed by atoms with Gasteiger partial charge in [0.25, 0.3) is 12.0 Å². The van der Waals surface area contributed by atoms with Crippen LogP contribution in [0.25, 0.3) is 0 Å². The van der Waals surface area contributed by atoms with Crippen molar-refractivity contribution in [2.75, 3.05) is 7.05 Å². The summed E-state index contributed by atoms with van der Waals surface area (Å²) in [4.78, 5) is 21.5. The van der Waals surface area contributed by atoms with E-state index in [4.69, 9.17) is 4.74 Å². The topological polar surface area (TPSA) is 134 Å². The summed E-state index contributed by atoms with van der Waals surface area (Å²) >= 11 is 0. The third-order valence-electron chi connectivity index (χ3n) is 2.59. The van der Waals surface area contributed by atoms with Gasteiger partial charge in [0.1, 0.15) is 0 Å². The van der Waals surface area contributed by atoms with Crippen LogP contribution in [0.15, 0.2) is 24.3 Å². The number of carbonyl (C=O) groups excluding carboxylic acids is 1. The Kier molecular flexibility index (Phi) is 4.06. The first-order chi connectivity index (χ1) is 9.84. The molecule has 1 saturated heterocycles. The van der Waals surface area contributed by atoms with E-state index in [1.54, 1.807) is 0 Å². The van der Waals surface area contributed by atoms with Crippen LogP contribution in [0.2, 0.25) is 0 Å². The van der Waals surface area contributed by atoms with Crippen molar-refractivity contribution in [2.24, 2.45) is 0 Å². The molecule has 2 atom stereocenters. The Morgan fingerprint density at radius 1 is 1.33 bits per heavy atom. The lowest BCUT2D eigenvalue weighted by molar-refractivity contribution is -0.386. The van der Waals surface area contributed by atoms with Crippen LogP contribution in [-0.2, 0) is 24.0 Å². The highest BCUT2D eigenvalue weighted by Crippen LogP contribution is 2.36. The Bertz CT molecular complexity index is 673. The highest BCUT2D eigenvalue weighted by molar-refractivity contribution is 7.84. The molecular weight excluding hydrogens is 308 g/mol. The molecule has 1 heterocycles. The molecule has 0 amide bonds. The summed E-state index contributed by atoms with van der Waals surface area (Å²) < 4.78 is 38.5. The molecule has 1 aromatic carbocycles. The van der Waals surface area contributed by atoms with Crippen LogP contribution in [0.3, 0.4) is 0 Å². The van der Waals surface area contributed by atoms with Crippen LogP contribution < -0.4 is 4.72 Å². The second-order valence-electron chi connectivity index (χ2n) is 3.85. The standard InChI is InChI=1S/C10H10N2O8S/c1-11-21(16,17)20-9-8(18-10(13)19-9)6-4-2-3-5-7(6)12(14)15/h2-5,8-9,11H,1H3/t8-,9-/m1/s1. The molecule has 1 aliphatic heterocycles. The van der Waals surface area contributed by atoms with Gasteiger partial charge in [0.2, 0.25) is 6.10 Å². The van der Waals surface area contributed by atoms with Gasteiger partial charge in [-0.2, -0.15) is 13.1 Å². The van der Waals surface area contributed by atoms with Crippen LogP contribution in [0.1, 0.15) is 11.7 Å². The summed E-state index contributed by atoms with van der Waals surface area (Å²) in [5.41, 5.74) is -0.388. The maximum atomic E-state index is 11.3. The highest BCUT2D eigenvalue weighted by Gasteiger charge is 2.44. The molecule has 11 heteroatoms. The van der Waals surface area contributed by atoms with Gasteiger partial charge in [-0.05, 0) is 6.07 Å². The number of nitro benzene ring substituents is 1. The summed E-state index contributed by atoms with van der Waals surface area (Å²) in [6, 6.07) is 5.38. The monoisotopic (exact) mass is 318 g/mol. The molecule has 1 fully saturated rings. The summed E-state index contributed by atoms with van der Waals surface area (Å²) in [5, 5.41) is 11.0. The molecule has 1 N–H and O–H groups in total. The fourth-order valence-corrected chi connectivity index (χ4v) is 2.18. The van der Waals surface area contributed by atoms with Gasteiger partial charge in [-0.25, -0.2) is 8.98 Å². The van der Waals surface area contributed by atoms with Gasteiger partial charge in [-0.1, -0.05) is 12.1 Å². The lowest BCUT2D eigenvalue weighted by Crippen LogP contribution is -2.30. The van der Waals surface area contributed by atoms with Crippen molar-refractivity contribution < 1.29 is 31.8 Å². The van der Waals surface area contributed by atoms with Gasteiger partial charge in [-0.3, -0.25) is 10.1 Å². The van der Waals surface area contributed by atoms with Crippen molar-refractivity contribution in [3.63, 3.8) is 0 Å². The fraction of sp³-hybridized carbons (Fsp3) is 0.300. The number of rotatable bonds is 5. The van der Waals surface area contributed by atoms with Crippen LogP contribution in [0.5, 0.6) is 0 Å². The molecule has 0 bridgehead atoms. The molecule has 0 aromatic heterocycles. The Balaban J connectivity index is 2.37. The zero-order valence-corrected chi connectivity index (χ0v) is 11.4. The Morgan fingerprint density at radius 2 is 2.00 bits per heavy atom. The maximum Gasteiger partial charge on any atom is 0.511 e. The average Bonchev–Trinajstić information content (AvgIpc) is 2.78. The number of nitrogens with one attached hydrogen (secondary N) is 1. The van der Waals surface area contributed by atoms with E-state index in [-0.39, 0.29) is 11.3 Å². The van der Waals surface area contributed by atoms with E-state index in [9.17, 15) is 23.3 Å². The van der Waals surface area contributed by atoms with E-state index in [2.05, 4.69) is 8.92 Å². The van der Waals surface area contributed by atoms with Crippen molar-refractivity contribution >= 4 is 22.1 Å². The molecule has 0 unspecified atom stereocenters. The summed E-state index contributed by atoms with van der Waals surface area (Å²) in [5.74, 6) is 0. The van der Waals surface area contributed by atoms with Crippen LogP contribution in [-0.4, -0.2) is 32.8 Å². The molecule has 2 rings (SSSR count). The van der Waals surface area contributed by atoms with Crippen LogP contribution >= 0.6 is 0 Å². The molecule has 114 valence electrons. The van der Waals surface area contributed by atoms with Gasteiger partial charge in [-0.15, -0.1) is 0 Å². The Hall–Kier alpha value is -2.24. The van der Waals surface area contributed by atoms with Crippen molar-refractivity contribution in [3.8, 4) is 0 Å². The number of nitro groups is 1. The second kappa shape index (κ2) is 5.63. The van der Waals surface area contributed by atoms with E-state index in [0.717, 1.165) is 7.05 Å². The maximum absolute atomic E-state index is 11.3. The number of para-hydroxylation sites is 1. The predicted octanol–water partition coefficient (Wildman–Crippen LogP) is 0.610. The van der Waals surface area contributed by atoms with Crippen LogP contribution in [0.4, 0.5) is 10.5 Å². The van der Waals surface area contributed by atoms with E-state index in [1.807, 2.05) is 4.72 Å². The van der Waals surface area contributed by atoms with Crippen molar-refractivity contribution in [2.45, 2.75) is 12.4 Å². The smallest absolute Gasteiger partial charge is 0.419 e. The van der Waals surface area contributed by atoms with Gasteiger partial charge in [0, 0.05) is 13.1 Å². The number of nitrogens with zero attached hydrogens (tertiary/aromatic N) is 1. The quantitative estimate of drug-likeness (QED) is 0.474. The zero-order valence-electron chi connectivity index (χ0n) is 10.6. The highest BCUT2D eigenvalue weighted by atomic mass is 32.2. The number of cyclic esters (lactones) is 2. The lowest BCUT2D eigenvalue weighted by Gasteiger charge is -2.15. The SMILES string of the molecule is CNS(=O)(=O)O[C@H]1OC(=O)O[C@@H]1c1ccccc1[N+](=O)[O-]. The molecule has 0 saturated carbocycles. The van der Waals surface area contributed by atoms with Gasteiger partial charge in [0.15, 0.2) is 0 Å². The van der Waals surface area contributed by atoms with Crippen LogP contribution in [0, 0.1) is 10.1 Å². The third-order valence-corrected chi connectivity index (χ3v) is 3.54. The summed E-state index contributed by atoms with van der Waals surface area (Å²) in [7, 11) is -3.09. The molecule has 1 aliphatic rings. The number of carbonyl (C=O) groups is 1. The molecule has 1 aromatic rings. The van der Waals surface area contributed by atoms with Gasteiger partial charge in [0.05, 0.1) is 10.5 Å². The molecular formula is C10H10N2O8S. The van der Waals surface area contributed by atoms with E-state index < -0.39 is 33.8 Å². The first-order valence-electron chi connectivity index (χ1n) is 5.56. The largest absolute Gasteiger partial charge is 0.511 e. The lowest BCUT2D eigenvalue weighted by atomic mass is 10.1. The number of hydrogen-bond donors (Lipinski definition) is 1. The second-order valence-corrected chi connectivity index (χ2v) is 5.35. The zero-order chi connectivity index (χ0) is 15.6. The Morgan fingerprint density at radius 3 is 2.62 bits per heavy atom. The fourth-order valence-electron chi connectivity index (χ4n) is 1.69. The number of benzene rings is 1. The minimum absolute atomic E-state index is 0.0374. The normalized spacial score (nSPS) is 21.7. The van der Waals surface area contributed by atoms with E-state index in [1.165, 1.54) is 24.3 Å². The van der Waals surface area contributed by atoms with E-state index in [0.29, 0.717) is 0 Å². The Labute approximate surface area is 119 Å². The molecule has 0 aliphatic carbocycles. The average molecular weight is 318 g/mol. The minimum Gasteiger partial charge on any atom is -0.419 e. The number of ether oxygens (including phenoxy) is 2. The third kappa shape index (κ3) is 3.26. The molecule has 21 heavy (non-hydrogen) atoms. The van der Waals surface area contributed by atoms with Gasteiger partial charge >= 0.3 is 16.5 Å². The predicted molar refractivity (Wildman–Crippen MR) is 66.3 cm³/mol. The first-order valence-corrected chi connectivity index (χ1v) is 6.97. The molecule has 0 radical (unpaired) electrons. The number of hydrogen-bond acceptors (Lipinski definition) is 8. The van der Waals surface area contributed by atoms with Crippen molar-refractivity contribution in [1.29, 1.82) is 0 Å². The molecule has 10 nitrogen and oxygen atoms in total. The molecule has 0 spiro atoms.